The van der Waals surface area contributed by atoms with E-state index in [1.807, 2.05) is 10.3 Å². The molecule has 0 bridgehead atoms. The predicted molar refractivity (Wildman–Crippen MR) is 89.1 cm³/mol. The van der Waals surface area contributed by atoms with Gasteiger partial charge in [-0.05, 0) is 18.8 Å². The van der Waals surface area contributed by atoms with Crippen LogP contribution in [-0.2, 0) is 14.2 Å². The van der Waals surface area contributed by atoms with Crippen molar-refractivity contribution >= 4 is 17.2 Å². The van der Waals surface area contributed by atoms with Crippen molar-refractivity contribution in [3.05, 3.63) is 16.6 Å². The van der Waals surface area contributed by atoms with E-state index in [-0.39, 0.29) is 11.3 Å². The summed E-state index contributed by atoms with van der Waals surface area (Å²) >= 11 is 1.46. The van der Waals surface area contributed by atoms with Crippen LogP contribution in [0.3, 0.4) is 0 Å². The van der Waals surface area contributed by atoms with Crippen LogP contribution in [0.1, 0.15) is 23.3 Å². The summed E-state index contributed by atoms with van der Waals surface area (Å²) in [5, 5.41) is 1.82. The molecule has 6 nitrogen and oxygen atoms in total. The van der Waals surface area contributed by atoms with E-state index >= 15 is 0 Å². The predicted octanol–water partition coefficient (Wildman–Crippen LogP) is 1.67. The molecular weight excluding hydrogens is 328 g/mol. The Kier molecular flexibility index (Phi) is 4.85. The Labute approximate surface area is 146 Å². The first-order valence-electron chi connectivity index (χ1n) is 8.67. The van der Waals surface area contributed by atoms with Crippen molar-refractivity contribution in [2.45, 2.75) is 12.8 Å². The Hall–Kier alpha value is -1.02. The molecule has 0 N–H and O–H groups in total. The number of hydrogen-bond donors (Lipinski definition) is 0. The van der Waals surface area contributed by atoms with Gasteiger partial charge in [0.25, 0.3) is 5.91 Å². The maximum atomic E-state index is 12.6. The third-order valence-corrected chi connectivity index (χ3v) is 6.13. The monoisotopic (exact) mass is 352 g/mol. The number of likely N-dealkylation sites (tertiary alicyclic amines) is 1. The van der Waals surface area contributed by atoms with Gasteiger partial charge in [0.15, 0.2) is 0 Å². The van der Waals surface area contributed by atoms with E-state index in [0.717, 1.165) is 45.8 Å². The van der Waals surface area contributed by atoms with Gasteiger partial charge in [0.05, 0.1) is 25.3 Å². The summed E-state index contributed by atoms with van der Waals surface area (Å²) in [4.78, 5) is 18.7. The van der Waals surface area contributed by atoms with E-state index in [0.29, 0.717) is 37.3 Å². The van der Waals surface area contributed by atoms with Crippen molar-refractivity contribution in [1.29, 1.82) is 0 Å². The van der Waals surface area contributed by atoms with Gasteiger partial charge in [0.2, 0.25) is 0 Å². The SMILES string of the molecule is O=C(c1cscn1)N1C[C@@H]2COC[C@]2(COCC2CCOCC2)C1. The minimum absolute atomic E-state index is 0.0365. The lowest BCUT2D eigenvalue weighted by Gasteiger charge is -2.28. The molecule has 0 aliphatic carbocycles. The average molecular weight is 352 g/mol. The second kappa shape index (κ2) is 7.07. The lowest BCUT2D eigenvalue weighted by molar-refractivity contribution is -0.0150. The van der Waals surface area contributed by atoms with Crippen molar-refractivity contribution in [2.24, 2.45) is 17.3 Å². The van der Waals surface area contributed by atoms with Gasteiger partial charge in [0, 0.05) is 49.6 Å². The third-order valence-electron chi connectivity index (χ3n) is 5.54. The summed E-state index contributed by atoms with van der Waals surface area (Å²) < 4.78 is 17.2. The van der Waals surface area contributed by atoms with Crippen molar-refractivity contribution in [2.75, 3.05) is 52.7 Å². The van der Waals surface area contributed by atoms with Gasteiger partial charge in [-0.3, -0.25) is 4.79 Å². The molecule has 4 rings (SSSR count). The average Bonchev–Trinajstić information content (AvgIpc) is 3.31. The van der Waals surface area contributed by atoms with Gasteiger partial charge >= 0.3 is 0 Å². The summed E-state index contributed by atoms with van der Waals surface area (Å²) in [5.74, 6) is 1.01. The van der Waals surface area contributed by atoms with E-state index in [2.05, 4.69) is 4.98 Å². The molecule has 132 valence electrons. The summed E-state index contributed by atoms with van der Waals surface area (Å²) in [6.07, 6.45) is 2.17. The lowest BCUT2D eigenvalue weighted by Crippen LogP contribution is -2.38. The number of amides is 1. The van der Waals surface area contributed by atoms with Gasteiger partial charge in [0.1, 0.15) is 5.69 Å². The molecule has 3 aliphatic rings. The molecule has 7 heteroatoms. The number of ether oxygens (including phenoxy) is 3. The van der Waals surface area contributed by atoms with Crippen LogP contribution >= 0.6 is 11.3 Å². The van der Waals surface area contributed by atoms with Crippen LogP contribution in [0, 0.1) is 17.3 Å². The number of aromatic nitrogens is 1. The summed E-state index contributed by atoms with van der Waals surface area (Å²) in [7, 11) is 0. The second-order valence-corrected chi connectivity index (χ2v) is 7.92. The van der Waals surface area contributed by atoms with Crippen LogP contribution in [0.15, 0.2) is 10.9 Å². The third kappa shape index (κ3) is 3.22. The van der Waals surface area contributed by atoms with Gasteiger partial charge in [-0.2, -0.15) is 0 Å². The highest BCUT2D eigenvalue weighted by Crippen LogP contribution is 2.42. The lowest BCUT2D eigenvalue weighted by atomic mass is 9.82. The zero-order valence-corrected chi connectivity index (χ0v) is 14.6. The summed E-state index contributed by atoms with van der Waals surface area (Å²) in [6.45, 7) is 6.03. The number of rotatable bonds is 5. The Morgan fingerprint density at radius 1 is 1.42 bits per heavy atom. The highest BCUT2D eigenvalue weighted by Gasteiger charge is 2.52. The number of thiazole rings is 1. The van der Waals surface area contributed by atoms with Gasteiger partial charge in [-0.15, -0.1) is 11.3 Å². The van der Waals surface area contributed by atoms with E-state index in [9.17, 15) is 4.79 Å². The molecular formula is C17H24N2O4S. The van der Waals surface area contributed by atoms with E-state index in [1.165, 1.54) is 11.3 Å². The first kappa shape index (κ1) is 16.4. The minimum Gasteiger partial charge on any atom is -0.381 e. The van der Waals surface area contributed by atoms with Crippen LogP contribution in [0.2, 0.25) is 0 Å². The smallest absolute Gasteiger partial charge is 0.273 e. The summed E-state index contributed by atoms with van der Waals surface area (Å²) in [6, 6.07) is 0. The highest BCUT2D eigenvalue weighted by atomic mass is 32.1. The molecule has 0 aromatic carbocycles. The van der Waals surface area contributed by atoms with Gasteiger partial charge in [-0.1, -0.05) is 0 Å². The number of hydrogen-bond acceptors (Lipinski definition) is 6. The number of carbonyl (C=O) groups excluding carboxylic acids is 1. The fraction of sp³-hybridized carbons (Fsp3) is 0.765. The molecule has 0 unspecified atom stereocenters. The van der Waals surface area contributed by atoms with Gasteiger partial charge in [-0.25, -0.2) is 4.98 Å². The molecule has 1 amide bonds. The Morgan fingerprint density at radius 3 is 3.08 bits per heavy atom. The Balaban J connectivity index is 1.35. The highest BCUT2D eigenvalue weighted by molar-refractivity contribution is 7.07. The van der Waals surface area contributed by atoms with Crippen LogP contribution in [0.5, 0.6) is 0 Å². The van der Waals surface area contributed by atoms with Crippen molar-refractivity contribution < 1.29 is 19.0 Å². The van der Waals surface area contributed by atoms with Crippen LogP contribution < -0.4 is 0 Å². The molecule has 0 saturated carbocycles. The quantitative estimate of drug-likeness (QED) is 0.807. The summed E-state index contributed by atoms with van der Waals surface area (Å²) in [5.41, 5.74) is 2.22. The topological polar surface area (TPSA) is 60.9 Å². The normalized spacial score (nSPS) is 30.7. The first-order valence-corrected chi connectivity index (χ1v) is 9.62. The molecule has 0 radical (unpaired) electrons. The molecule has 3 aliphatic heterocycles. The number of carbonyl (C=O) groups is 1. The van der Waals surface area contributed by atoms with Gasteiger partial charge < -0.3 is 19.1 Å². The van der Waals surface area contributed by atoms with E-state index in [4.69, 9.17) is 14.2 Å². The Bertz CT molecular complexity index is 561. The van der Waals surface area contributed by atoms with Crippen molar-refractivity contribution in [1.82, 2.24) is 9.88 Å². The molecule has 24 heavy (non-hydrogen) atoms. The van der Waals surface area contributed by atoms with E-state index < -0.39 is 0 Å². The Morgan fingerprint density at radius 2 is 2.29 bits per heavy atom. The van der Waals surface area contributed by atoms with E-state index in [1.54, 1.807) is 5.51 Å². The van der Waals surface area contributed by atoms with Crippen LogP contribution in [0.4, 0.5) is 0 Å². The zero-order valence-electron chi connectivity index (χ0n) is 13.8. The fourth-order valence-electron chi connectivity index (χ4n) is 4.01. The second-order valence-electron chi connectivity index (χ2n) is 7.20. The first-order chi connectivity index (χ1) is 11.8. The molecule has 0 spiro atoms. The van der Waals surface area contributed by atoms with Crippen molar-refractivity contribution in [3.8, 4) is 0 Å². The number of nitrogens with zero attached hydrogens (tertiary/aromatic N) is 2. The molecule has 1 aromatic rings. The minimum atomic E-state index is -0.0448. The van der Waals surface area contributed by atoms with Crippen LogP contribution in [0.25, 0.3) is 0 Å². The molecule has 2 atom stereocenters. The maximum absolute atomic E-state index is 12.6. The standard InChI is InChI=1S/C17H24N2O4S/c20-16(15-8-24-12-18-15)19-5-14-7-23-11-17(14,9-19)10-22-6-13-1-3-21-4-2-13/h8,12-14H,1-7,9-11H2/t14-,17-/m1/s1. The maximum Gasteiger partial charge on any atom is 0.273 e. The largest absolute Gasteiger partial charge is 0.381 e. The molecule has 3 saturated heterocycles. The molecule has 1 aromatic heterocycles. The fourth-order valence-corrected chi connectivity index (χ4v) is 4.54. The molecule has 4 heterocycles. The molecule has 3 fully saturated rings. The van der Waals surface area contributed by atoms with Crippen molar-refractivity contribution in [3.63, 3.8) is 0 Å². The van der Waals surface area contributed by atoms with Crippen LogP contribution in [-0.4, -0.2) is 68.5 Å². The number of fused-ring (bicyclic) bond motifs is 1. The zero-order chi connectivity index (χ0) is 16.4.